The van der Waals surface area contributed by atoms with Crippen LogP contribution in [0.1, 0.15) is 25.1 Å². The molecule has 1 N–H and O–H groups in total. The van der Waals surface area contributed by atoms with Crippen LogP contribution in [0.5, 0.6) is 0 Å². The third kappa shape index (κ3) is 4.16. The summed E-state index contributed by atoms with van der Waals surface area (Å²) in [6.07, 6.45) is -0.693. The van der Waals surface area contributed by atoms with E-state index >= 15 is 0 Å². The van der Waals surface area contributed by atoms with Crippen LogP contribution in [-0.2, 0) is 25.2 Å². The largest absolute Gasteiger partial charge is 0.419 e. The molecule has 28 heavy (non-hydrogen) atoms. The summed E-state index contributed by atoms with van der Waals surface area (Å²) in [4.78, 5) is 27.9. The van der Waals surface area contributed by atoms with Gasteiger partial charge >= 0.3 is 18.1 Å². The maximum Gasteiger partial charge on any atom is 0.416 e. The quantitative estimate of drug-likeness (QED) is 0.488. The van der Waals surface area contributed by atoms with Crippen LogP contribution in [0.2, 0.25) is 0 Å². The first kappa shape index (κ1) is 19.5. The fourth-order valence-electron chi connectivity index (χ4n) is 2.50. The van der Waals surface area contributed by atoms with Crippen LogP contribution in [0.25, 0.3) is 5.69 Å². The van der Waals surface area contributed by atoms with Gasteiger partial charge in [0.25, 0.3) is 5.79 Å². The molecule has 1 saturated heterocycles. The Hall–Kier alpha value is -3.30. The second-order valence-electron chi connectivity index (χ2n) is 6.57. The van der Waals surface area contributed by atoms with Crippen molar-refractivity contribution in [1.82, 2.24) is 9.55 Å². The van der Waals surface area contributed by atoms with Gasteiger partial charge in [0, 0.05) is 37.6 Å². The molecule has 2 heterocycles. The number of anilines is 1. The number of ether oxygens (including phenoxy) is 2. The first-order valence-electron chi connectivity index (χ1n) is 8.11. The summed E-state index contributed by atoms with van der Waals surface area (Å²) in [6.45, 7) is 4.48. The van der Waals surface area contributed by atoms with Gasteiger partial charge in [-0.3, -0.25) is 0 Å². The number of carbonyl (C=O) groups is 2. The normalized spacial score (nSPS) is 16.4. The number of hydrogen-bond donors (Lipinski definition) is 1. The van der Waals surface area contributed by atoms with E-state index in [0.717, 1.165) is 18.3 Å². The third-order valence-electron chi connectivity index (χ3n) is 3.75. The fraction of sp³-hybridized carbons (Fsp3) is 0.278. The number of imidazole rings is 1. The SMILES string of the molecule is Cc1cn(-c2cc(NC=C3C(=O)OC(C)(C)OC3=O)cc(C(F)(F)F)c2)cn1. The highest BCUT2D eigenvalue weighted by molar-refractivity contribution is 6.15. The van der Waals surface area contributed by atoms with Crippen molar-refractivity contribution >= 4 is 17.6 Å². The number of aromatic nitrogens is 2. The van der Waals surface area contributed by atoms with Crippen molar-refractivity contribution in [3.8, 4) is 5.69 Å². The van der Waals surface area contributed by atoms with Gasteiger partial charge in [0.1, 0.15) is 0 Å². The minimum atomic E-state index is -4.60. The van der Waals surface area contributed by atoms with E-state index in [0.29, 0.717) is 5.69 Å². The number of nitrogens with zero attached hydrogens (tertiary/aromatic N) is 2. The lowest BCUT2D eigenvalue weighted by atomic mass is 10.1. The number of aryl methyl sites for hydroxylation is 1. The topological polar surface area (TPSA) is 82.5 Å². The lowest BCUT2D eigenvalue weighted by Crippen LogP contribution is -2.42. The van der Waals surface area contributed by atoms with E-state index in [1.165, 1.54) is 30.8 Å². The Morgan fingerprint density at radius 3 is 2.32 bits per heavy atom. The standard InChI is InChI=1S/C18H16F3N3O4/c1-10-8-24(9-23-10)13-5-11(18(19,20)21)4-12(6-13)22-7-14-15(25)27-17(2,3)28-16(14)26/h4-9,22H,1-3H3. The summed E-state index contributed by atoms with van der Waals surface area (Å²) in [6, 6.07) is 3.23. The van der Waals surface area contributed by atoms with Gasteiger partial charge < -0.3 is 19.4 Å². The summed E-state index contributed by atoms with van der Waals surface area (Å²) in [5.74, 6) is -3.29. The lowest BCUT2D eigenvalue weighted by molar-refractivity contribution is -0.222. The zero-order chi connectivity index (χ0) is 20.7. The molecule has 1 fully saturated rings. The molecule has 0 unspecified atom stereocenters. The molecule has 2 aromatic rings. The molecule has 0 radical (unpaired) electrons. The number of alkyl halides is 3. The molecular weight excluding hydrogens is 379 g/mol. The molecule has 10 heteroatoms. The predicted octanol–water partition coefficient (Wildman–Crippen LogP) is 3.33. The number of rotatable bonds is 3. The molecule has 0 spiro atoms. The van der Waals surface area contributed by atoms with E-state index < -0.39 is 35.0 Å². The summed E-state index contributed by atoms with van der Waals surface area (Å²) < 4.78 is 51.1. The van der Waals surface area contributed by atoms with Crippen LogP contribution < -0.4 is 5.32 Å². The summed E-state index contributed by atoms with van der Waals surface area (Å²) in [7, 11) is 0. The van der Waals surface area contributed by atoms with E-state index in [1.54, 1.807) is 13.1 Å². The number of benzene rings is 1. The molecule has 0 amide bonds. The summed E-state index contributed by atoms with van der Waals surface area (Å²) in [5.41, 5.74) is -0.534. The highest BCUT2D eigenvalue weighted by Crippen LogP contribution is 2.33. The Labute approximate surface area is 157 Å². The van der Waals surface area contributed by atoms with Crippen LogP contribution >= 0.6 is 0 Å². The maximum absolute atomic E-state index is 13.3. The number of nitrogens with one attached hydrogen (secondary N) is 1. The van der Waals surface area contributed by atoms with Gasteiger partial charge in [-0.15, -0.1) is 0 Å². The van der Waals surface area contributed by atoms with Crippen molar-refractivity contribution in [2.45, 2.75) is 32.7 Å². The fourth-order valence-corrected chi connectivity index (χ4v) is 2.50. The van der Waals surface area contributed by atoms with E-state index in [4.69, 9.17) is 9.47 Å². The van der Waals surface area contributed by atoms with Gasteiger partial charge in [-0.2, -0.15) is 13.2 Å². The van der Waals surface area contributed by atoms with Crippen LogP contribution in [0.15, 0.2) is 42.5 Å². The van der Waals surface area contributed by atoms with Crippen molar-refractivity contribution < 1.29 is 32.2 Å². The molecule has 1 aromatic heterocycles. The van der Waals surface area contributed by atoms with Crippen molar-refractivity contribution in [1.29, 1.82) is 0 Å². The maximum atomic E-state index is 13.3. The van der Waals surface area contributed by atoms with Crippen molar-refractivity contribution in [2.24, 2.45) is 0 Å². The summed E-state index contributed by atoms with van der Waals surface area (Å²) >= 11 is 0. The van der Waals surface area contributed by atoms with Crippen molar-refractivity contribution in [3.05, 3.63) is 53.8 Å². The van der Waals surface area contributed by atoms with Crippen molar-refractivity contribution in [2.75, 3.05) is 5.32 Å². The predicted molar refractivity (Wildman–Crippen MR) is 91.3 cm³/mol. The monoisotopic (exact) mass is 395 g/mol. The molecule has 3 rings (SSSR count). The number of hydrogen-bond acceptors (Lipinski definition) is 6. The number of carbonyl (C=O) groups excluding carboxylic acids is 2. The average molecular weight is 395 g/mol. The van der Waals surface area contributed by atoms with Gasteiger partial charge in [0.15, 0.2) is 5.57 Å². The average Bonchev–Trinajstić information content (AvgIpc) is 2.98. The Balaban J connectivity index is 1.95. The first-order valence-corrected chi connectivity index (χ1v) is 8.11. The van der Waals surface area contributed by atoms with E-state index in [2.05, 4.69) is 10.3 Å². The van der Waals surface area contributed by atoms with Crippen molar-refractivity contribution in [3.63, 3.8) is 0 Å². The minimum absolute atomic E-state index is 0.00844. The highest BCUT2D eigenvalue weighted by Gasteiger charge is 2.39. The Kier molecular flexibility index (Phi) is 4.66. The second kappa shape index (κ2) is 6.70. The zero-order valence-corrected chi connectivity index (χ0v) is 15.1. The molecular formula is C18H16F3N3O4. The van der Waals surface area contributed by atoms with E-state index in [-0.39, 0.29) is 11.4 Å². The van der Waals surface area contributed by atoms with Crippen LogP contribution in [0, 0.1) is 6.92 Å². The molecule has 1 aliphatic heterocycles. The van der Waals surface area contributed by atoms with E-state index in [1.807, 2.05) is 0 Å². The van der Waals surface area contributed by atoms with Gasteiger partial charge in [-0.25, -0.2) is 14.6 Å². The van der Waals surface area contributed by atoms with Gasteiger partial charge in [0.2, 0.25) is 0 Å². The second-order valence-corrected chi connectivity index (χ2v) is 6.57. The number of halogens is 3. The minimum Gasteiger partial charge on any atom is -0.419 e. The number of esters is 2. The lowest BCUT2D eigenvalue weighted by Gasteiger charge is -2.29. The van der Waals surface area contributed by atoms with Crippen LogP contribution in [-0.4, -0.2) is 27.3 Å². The molecule has 0 atom stereocenters. The molecule has 1 aromatic carbocycles. The molecule has 0 aliphatic carbocycles. The molecule has 1 aliphatic rings. The smallest absolute Gasteiger partial charge is 0.416 e. The van der Waals surface area contributed by atoms with Crippen LogP contribution in [0.4, 0.5) is 18.9 Å². The molecule has 148 valence electrons. The molecule has 0 bridgehead atoms. The summed E-state index contributed by atoms with van der Waals surface area (Å²) in [5, 5.41) is 2.53. The first-order chi connectivity index (χ1) is 12.9. The zero-order valence-electron chi connectivity index (χ0n) is 15.1. The molecule has 7 nitrogen and oxygen atoms in total. The Morgan fingerprint density at radius 2 is 1.79 bits per heavy atom. The highest BCUT2D eigenvalue weighted by atomic mass is 19.4. The molecule has 0 saturated carbocycles. The van der Waals surface area contributed by atoms with Gasteiger partial charge in [-0.1, -0.05) is 0 Å². The van der Waals surface area contributed by atoms with Crippen LogP contribution in [0.3, 0.4) is 0 Å². The van der Waals surface area contributed by atoms with E-state index in [9.17, 15) is 22.8 Å². The third-order valence-corrected chi connectivity index (χ3v) is 3.75. The van der Waals surface area contributed by atoms with Gasteiger partial charge in [-0.05, 0) is 25.1 Å². The van der Waals surface area contributed by atoms with Gasteiger partial charge in [0.05, 0.1) is 17.6 Å². The Bertz CT molecular complexity index is 955. The Morgan fingerprint density at radius 1 is 1.14 bits per heavy atom. The number of cyclic esters (lactones) is 2.